The summed E-state index contributed by atoms with van der Waals surface area (Å²) in [6, 6.07) is 17.0. The number of nitrogens with zero attached hydrogens (tertiary/aromatic N) is 1. The molecule has 0 spiro atoms. The summed E-state index contributed by atoms with van der Waals surface area (Å²) < 4.78 is 5.20. The van der Waals surface area contributed by atoms with Gasteiger partial charge < -0.3 is 9.64 Å². The summed E-state index contributed by atoms with van der Waals surface area (Å²) >= 11 is 0. The third-order valence-corrected chi connectivity index (χ3v) is 3.78. The fraction of sp³-hybridized carbons (Fsp3) is 0.222. The summed E-state index contributed by atoms with van der Waals surface area (Å²) in [4.78, 5) is 26.3. The first-order valence-electron chi connectivity index (χ1n) is 7.32. The number of hydrogen-bond acceptors (Lipinski definition) is 3. The first kappa shape index (κ1) is 14.3. The van der Waals surface area contributed by atoms with Gasteiger partial charge in [-0.2, -0.15) is 0 Å². The van der Waals surface area contributed by atoms with Crippen LogP contribution in [0.4, 0.5) is 5.69 Å². The number of ether oxygens (including phenoxy) is 1. The molecule has 3 rings (SSSR count). The number of carbonyl (C=O) groups excluding carboxylic acids is 2. The smallest absolute Gasteiger partial charge is 0.341 e. The molecule has 1 aliphatic heterocycles. The molecule has 0 aliphatic carbocycles. The number of benzene rings is 2. The van der Waals surface area contributed by atoms with Gasteiger partial charge in [0, 0.05) is 6.54 Å². The molecule has 112 valence electrons. The molecule has 1 aliphatic rings. The lowest BCUT2D eigenvalue weighted by atomic mass is 10.1. The van der Waals surface area contributed by atoms with Gasteiger partial charge in [0.25, 0.3) is 5.91 Å². The Kier molecular flexibility index (Phi) is 3.92. The highest BCUT2D eigenvalue weighted by molar-refractivity contribution is 6.07. The monoisotopic (exact) mass is 295 g/mol. The molecule has 0 fully saturated rings. The maximum atomic E-state index is 12.5. The van der Waals surface area contributed by atoms with Crippen LogP contribution in [0.25, 0.3) is 0 Å². The predicted octanol–water partition coefficient (Wildman–Crippen LogP) is 2.82. The number of cyclic esters (lactones) is 1. The highest BCUT2D eigenvalue weighted by Crippen LogP contribution is 2.26. The number of hydrogen-bond donors (Lipinski definition) is 0. The number of esters is 1. The molecular weight excluding hydrogens is 278 g/mol. The number of para-hydroxylation sites is 1. The normalized spacial score (nSPS) is 17.7. The van der Waals surface area contributed by atoms with Gasteiger partial charge in [0.15, 0.2) is 6.10 Å². The Morgan fingerprint density at radius 1 is 1.00 bits per heavy atom. The maximum Gasteiger partial charge on any atom is 0.341 e. The zero-order valence-corrected chi connectivity index (χ0v) is 12.4. The van der Waals surface area contributed by atoms with Crippen LogP contribution < -0.4 is 4.90 Å². The Hall–Kier alpha value is -2.62. The third kappa shape index (κ3) is 2.72. The predicted molar refractivity (Wildman–Crippen MR) is 83.8 cm³/mol. The van der Waals surface area contributed by atoms with Crippen molar-refractivity contribution in [3.63, 3.8) is 0 Å². The van der Waals surface area contributed by atoms with E-state index in [2.05, 4.69) is 0 Å². The van der Waals surface area contributed by atoms with Crippen molar-refractivity contribution in [2.45, 2.75) is 19.4 Å². The molecule has 4 heteroatoms. The van der Waals surface area contributed by atoms with Crippen LogP contribution in [0.3, 0.4) is 0 Å². The zero-order valence-electron chi connectivity index (χ0n) is 12.4. The van der Waals surface area contributed by atoms with E-state index in [9.17, 15) is 9.59 Å². The van der Waals surface area contributed by atoms with Crippen molar-refractivity contribution >= 4 is 17.6 Å². The molecular formula is C18H17NO3. The van der Waals surface area contributed by atoms with Gasteiger partial charge in [-0.25, -0.2) is 4.79 Å². The van der Waals surface area contributed by atoms with Crippen molar-refractivity contribution < 1.29 is 14.3 Å². The molecule has 1 heterocycles. The number of anilines is 1. The van der Waals surface area contributed by atoms with Crippen LogP contribution in [0.5, 0.6) is 0 Å². The fourth-order valence-electron chi connectivity index (χ4n) is 2.61. The van der Waals surface area contributed by atoms with Gasteiger partial charge in [-0.05, 0) is 31.0 Å². The number of carbonyl (C=O) groups is 2. The van der Waals surface area contributed by atoms with E-state index in [1.54, 1.807) is 30.0 Å². The molecule has 0 saturated heterocycles. The van der Waals surface area contributed by atoms with Crippen molar-refractivity contribution in [1.29, 1.82) is 0 Å². The minimum atomic E-state index is -0.768. The SMILES string of the molecule is CC1OC(=O)c2ccccc2N(CCc2ccccc2)C1=O. The Labute approximate surface area is 129 Å². The highest BCUT2D eigenvalue weighted by atomic mass is 16.5. The largest absolute Gasteiger partial charge is 0.449 e. The third-order valence-electron chi connectivity index (χ3n) is 3.78. The van der Waals surface area contributed by atoms with E-state index in [0.717, 1.165) is 12.0 Å². The van der Waals surface area contributed by atoms with Crippen LogP contribution in [0, 0.1) is 0 Å². The molecule has 1 unspecified atom stereocenters. The van der Waals surface area contributed by atoms with Crippen molar-refractivity contribution in [1.82, 2.24) is 0 Å². The second kappa shape index (κ2) is 6.02. The first-order chi connectivity index (χ1) is 10.7. The summed E-state index contributed by atoms with van der Waals surface area (Å²) in [5.41, 5.74) is 2.21. The van der Waals surface area contributed by atoms with E-state index >= 15 is 0 Å². The molecule has 22 heavy (non-hydrogen) atoms. The molecule has 1 amide bonds. The number of fused-ring (bicyclic) bond motifs is 1. The van der Waals surface area contributed by atoms with Gasteiger partial charge in [-0.15, -0.1) is 0 Å². The van der Waals surface area contributed by atoms with Gasteiger partial charge in [0.2, 0.25) is 0 Å². The molecule has 0 radical (unpaired) electrons. The van der Waals surface area contributed by atoms with Crippen LogP contribution in [-0.2, 0) is 16.0 Å². The quantitative estimate of drug-likeness (QED) is 0.818. The summed E-state index contributed by atoms with van der Waals surface area (Å²) in [7, 11) is 0. The van der Waals surface area contributed by atoms with E-state index in [1.807, 2.05) is 36.4 Å². The molecule has 0 aromatic heterocycles. The van der Waals surface area contributed by atoms with Crippen LogP contribution >= 0.6 is 0 Å². The summed E-state index contributed by atoms with van der Waals surface area (Å²) in [5, 5.41) is 0. The lowest BCUT2D eigenvalue weighted by Gasteiger charge is -2.23. The van der Waals surface area contributed by atoms with E-state index in [1.165, 1.54) is 0 Å². The standard InChI is InChI=1S/C18H17NO3/c1-13-17(20)19(12-11-14-7-3-2-4-8-14)16-10-6-5-9-15(16)18(21)22-13/h2-10,13H,11-12H2,1H3. The van der Waals surface area contributed by atoms with Gasteiger partial charge >= 0.3 is 5.97 Å². The minimum Gasteiger partial charge on any atom is -0.449 e. The van der Waals surface area contributed by atoms with Crippen molar-refractivity contribution in [2.24, 2.45) is 0 Å². The van der Waals surface area contributed by atoms with E-state index in [4.69, 9.17) is 4.74 Å². The van der Waals surface area contributed by atoms with E-state index in [-0.39, 0.29) is 5.91 Å². The lowest BCUT2D eigenvalue weighted by Crippen LogP contribution is -2.39. The van der Waals surface area contributed by atoms with Crippen LogP contribution in [0.1, 0.15) is 22.8 Å². The fourth-order valence-corrected chi connectivity index (χ4v) is 2.61. The Morgan fingerprint density at radius 3 is 2.45 bits per heavy atom. The lowest BCUT2D eigenvalue weighted by molar-refractivity contribution is -0.126. The Morgan fingerprint density at radius 2 is 1.68 bits per heavy atom. The van der Waals surface area contributed by atoms with Gasteiger partial charge in [-0.1, -0.05) is 42.5 Å². The minimum absolute atomic E-state index is 0.186. The topological polar surface area (TPSA) is 46.6 Å². The zero-order chi connectivity index (χ0) is 15.5. The van der Waals surface area contributed by atoms with Crippen LogP contribution in [-0.4, -0.2) is 24.5 Å². The number of amides is 1. The van der Waals surface area contributed by atoms with Crippen LogP contribution in [0.15, 0.2) is 54.6 Å². The van der Waals surface area contributed by atoms with Gasteiger partial charge in [-0.3, -0.25) is 4.79 Å². The van der Waals surface area contributed by atoms with Gasteiger partial charge in [0.1, 0.15) is 0 Å². The summed E-state index contributed by atoms with van der Waals surface area (Å²) in [6.07, 6.45) is -0.0439. The Bertz CT molecular complexity index is 696. The average Bonchev–Trinajstić information content (AvgIpc) is 2.64. The average molecular weight is 295 g/mol. The Balaban J connectivity index is 1.91. The highest BCUT2D eigenvalue weighted by Gasteiger charge is 2.32. The van der Waals surface area contributed by atoms with Crippen molar-refractivity contribution in [2.75, 3.05) is 11.4 Å². The molecule has 2 aromatic rings. The van der Waals surface area contributed by atoms with Crippen molar-refractivity contribution in [3.8, 4) is 0 Å². The maximum absolute atomic E-state index is 12.5. The number of rotatable bonds is 3. The molecule has 1 atom stereocenters. The first-order valence-corrected chi connectivity index (χ1v) is 7.32. The molecule has 2 aromatic carbocycles. The summed E-state index contributed by atoms with van der Waals surface area (Å²) in [5.74, 6) is -0.632. The molecule has 0 N–H and O–H groups in total. The van der Waals surface area contributed by atoms with Gasteiger partial charge in [0.05, 0.1) is 11.3 Å². The second-order valence-corrected chi connectivity index (χ2v) is 5.29. The second-order valence-electron chi connectivity index (χ2n) is 5.29. The van der Waals surface area contributed by atoms with Crippen molar-refractivity contribution in [3.05, 3.63) is 65.7 Å². The van der Waals surface area contributed by atoms with Crippen LogP contribution in [0.2, 0.25) is 0 Å². The molecule has 0 bridgehead atoms. The molecule has 0 saturated carbocycles. The van der Waals surface area contributed by atoms with E-state index in [0.29, 0.717) is 17.8 Å². The summed E-state index contributed by atoms with van der Waals surface area (Å²) in [6.45, 7) is 2.13. The molecule has 4 nitrogen and oxygen atoms in total. The van der Waals surface area contributed by atoms with E-state index < -0.39 is 12.1 Å².